The van der Waals surface area contributed by atoms with Crippen molar-refractivity contribution >= 4 is 15.9 Å². The van der Waals surface area contributed by atoms with Gasteiger partial charge < -0.3 is 0 Å². The molecule has 6 heteroatoms. The van der Waals surface area contributed by atoms with Crippen LogP contribution in [0.15, 0.2) is 4.47 Å². The van der Waals surface area contributed by atoms with Crippen LogP contribution in [0.2, 0.25) is 0 Å². The van der Waals surface area contributed by atoms with Gasteiger partial charge >= 0.3 is 6.18 Å². The molecular weight excluding hydrogens is 237 g/mol. The quantitative estimate of drug-likeness (QED) is 0.806. The Morgan fingerprint density at radius 2 is 2.08 bits per heavy atom. The normalized spacial score (nSPS) is 12.1. The van der Waals surface area contributed by atoms with Gasteiger partial charge in [0.2, 0.25) is 0 Å². The molecule has 0 aliphatic heterocycles. The molecule has 1 N–H and O–H groups in total. The highest BCUT2D eigenvalue weighted by molar-refractivity contribution is 9.10. The molecular formula is C6H6BrF3N2. The highest BCUT2D eigenvalue weighted by Gasteiger charge is 2.30. The van der Waals surface area contributed by atoms with Gasteiger partial charge in [0.05, 0.1) is 16.6 Å². The summed E-state index contributed by atoms with van der Waals surface area (Å²) in [6, 6.07) is 0. The number of hydrogen-bond donors (Lipinski definition) is 1. The van der Waals surface area contributed by atoms with Crippen LogP contribution in [0, 0.1) is 6.92 Å². The van der Waals surface area contributed by atoms with E-state index in [2.05, 4.69) is 26.1 Å². The van der Waals surface area contributed by atoms with Crippen LogP contribution in [0.1, 0.15) is 11.4 Å². The number of nitrogens with zero attached hydrogens (tertiary/aromatic N) is 1. The molecule has 0 aliphatic carbocycles. The molecule has 0 amide bonds. The third-order valence-electron chi connectivity index (χ3n) is 1.31. The lowest BCUT2D eigenvalue weighted by Gasteiger charge is -2.02. The van der Waals surface area contributed by atoms with Crippen molar-refractivity contribution in [1.29, 1.82) is 0 Å². The van der Waals surface area contributed by atoms with E-state index in [4.69, 9.17) is 0 Å². The fourth-order valence-electron chi connectivity index (χ4n) is 0.773. The summed E-state index contributed by atoms with van der Waals surface area (Å²) in [5.74, 6) is 0. The second-order valence-electron chi connectivity index (χ2n) is 2.40. The topological polar surface area (TPSA) is 28.7 Å². The first kappa shape index (κ1) is 9.57. The largest absolute Gasteiger partial charge is 0.394 e. The summed E-state index contributed by atoms with van der Waals surface area (Å²) >= 11 is 3.01. The molecule has 1 rings (SSSR count). The van der Waals surface area contributed by atoms with Crippen molar-refractivity contribution in [3.63, 3.8) is 0 Å². The fourth-order valence-corrected chi connectivity index (χ4v) is 1.09. The van der Waals surface area contributed by atoms with E-state index in [1.165, 1.54) is 0 Å². The van der Waals surface area contributed by atoms with Gasteiger partial charge in [0.1, 0.15) is 0 Å². The zero-order chi connectivity index (χ0) is 9.35. The Morgan fingerprint density at radius 1 is 1.50 bits per heavy atom. The third-order valence-corrected chi connectivity index (χ3v) is 2.36. The summed E-state index contributed by atoms with van der Waals surface area (Å²) in [5, 5.41) is 5.97. The first-order valence-corrected chi connectivity index (χ1v) is 3.95. The Kier molecular flexibility index (Phi) is 2.46. The van der Waals surface area contributed by atoms with E-state index in [-0.39, 0.29) is 5.69 Å². The van der Waals surface area contributed by atoms with Crippen LogP contribution in [0.3, 0.4) is 0 Å². The van der Waals surface area contributed by atoms with Crippen LogP contribution in [-0.2, 0) is 6.42 Å². The predicted octanol–water partition coefficient (Wildman–Crippen LogP) is 2.59. The van der Waals surface area contributed by atoms with Crippen molar-refractivity contribution < 1.29 is 13.2 Å². The van der Waals surface area contributed by atoms with Gasteiger partial charge in [0.15, 0.2) is 0 Å². The molecule has 0 saturated carbocycles. The van der Waals surface area contributed by atoms with E-state index in [0.29, 0.717) is 10.2 Å². The number of aryl methyl sites for hydroxylation is 1. The minimum Gasteiger partial charge on any atom is -0.281 e. The van der Waals surface area contributed by atoms with Gasteiger partial charge in [0.25, 0.3) is 0 Å². The lowest BCUT2D eigenvalue weighted by molar-refractivity contribution is -0.127. The number of aromatic amines is 1. The standard InChI is InChI=1S/C6H6BrF3N2/c1-3-5(7)4(12-11-3)2-6(8,9)10/h2H2,1H3,(H,11,12). The number of hydrogen-bond acceptors (Lipinski definition) is 1. The summed E-state index contributed by atoms with van der Waals surface area (Å²) in [7, 11) is 0. The van der Waals surface area contributed by atoms with Crippen LogP contribution in [0.25, 0.3) is 0 Å². The Labute approximate surface area is 75.3 Å². The van der Waals surface area contributed by atoms with E-state index in [9.17, 15) is 13.2 Å². The van der Waals surface area contributed by atoms with Gasteiger partial charge in [-0.15, -0.1) is 0 Å². The molecule has 0 unspecified atom stereocenters. The summed E-state index contributed by atoms with van der Waals surface area (Å²) in [4.78, 5) is 0. The maximum absolute atomic E-state index is 11.9. The van der Waals surface area contributed by atoms with Crippen LogP contribution in [0.4, 0.5) is 13.2 Å². The number of rotatable bonds is 1. The molecule has 2 nitrogen and oxygen atoms in total. The molecule has 0 aromatic carbocycles. The highest BCUT2D eigenvalue weighted by atomic mass is 79.9. The summed E-state index contributed by atoms with van der Waals surface area (Å²) in [6.45, 7) is 1.65. The average Bonchev–Trinajstić information content (AvgIpc) is 2.16. The number of aromatic nitrogens is 2. The zero-order valence-electron chi connectivity index (χ0n) is 6.17. The Morgan fingerprint density at radius 3 is 2.42 bits per heavy atom. The first-order valence-electron chi connectivity index (χ1n) is 3.16. The second kappa shape index (κ2) is 3.08. The molecule has 12 heavy (non-hydrogen) atoms. The van der Waals surface area contributed by atoms with Crippen LogP contribution >= 0.6 is 15.9 Å². The molecule has 1 heterocycles. The fraction of sp³-hybridized carbons (Fsp3) is 0.500. The number of halogens is 4. The van der Waals surface area contributed by atoms with Gasteiger partial charge in [-0.25, -0.2) is 0 Å². The molecule has 0 radical (unpaired) electrons. The molecule has 1 aromatic heterocycles. The van der Waals surface area contributed by atoms with Crippen molar-refractivity contribution in [3.05, 3.63) is 15.9 Å². The first-order chi connectivity index (χ1) is 5.40. The van der Waals surface area contributed by atoms with Crippen molar-refractivity contribution in [2.45, 2.75) is 19.5 Å². The van der Waals surface area contributed by atoms with Gasteiger partial charge in [-0.1, -0.05) is 0 Å². The minimum atomic E-state index is -4.20. The van der Waals surface area contributed by atoms with E-state index < -0.39 is 12.6 Å². The molecule has 68 valence electrons. The van der Waals surface area contributed by atoms with Crippen LogP contribution in [0.5, 0.6) is 0 Å². The summed E-state index contributed by atoms with van der Waals surface area (Å²) in [6.07, 6.45) is -5.21. The SMILES string of the molecule is Cc1[nH]nc(CC(F)(F)F)c1Br. The van der Waals surface area contributed by atoms with Crippen LogP contribution in [-0.4, -0.2) is 16.4 Å². The molecule has 0 fully saturated rings. The van der Waals surface area contributed by atoms with Gasteiger partial charge in [-0.05, 0) is 22.9 Å². The Hall–Kier alpha value is -0.520. The molecule has 0 atom stereocenters. The molecule has 0 spiro atoms. The van der Waals surface area contributed by atoms with E-state index in [0.717, 1.165) is 0 Å². The predicted molar refractivity (Wildman–Crippen MR) is 40.8 cm³/mol. The average molecular weight is 243 g/mol. The molecule has 0 saturated heterocycles. The monoisotopic (exact) mass is 242 g/mol. The summed E-state index contributed by atoms with van der Waals surface area (Å²) in [5.41, 5.74) is 0.606. The minimum absolute atomic E-state index is 0.000000000000000222. The smallest absolute Gasteiger partial charge is 0.281 e. The highest BCUT2D eigenvalue weighted by Crippen LogP contribution is 2.26. The van der Waals surface area contributed by atoms with Gasteiger partial charge in [-0.2, -0.15) is 18.3 Å². The maximum atomic E-state index is 11.9. The number of alkyl halides is 3. The van der Waals surface area contributed by atoms with Crippen LogP contribution < -0.4 is 0 Å². The molecule has 0 aliphatic rings. The lowest BCUT2D eigenvalue weighted by atomic mass is 10.3. The van der Waals surface area contributed by atoms with Gasteiger partial charge in [0, 0.05) is 5.69 Å². The molecule has 0 bridgehead atoms. The maximum Gasteiger partial charge on any atom is 0.394 e. The number of nitrogens with one attached hydrogen (secondary N) is 1. The summed E-state index contributed by atoms with van der Waals surface area (Å²) < 4.78 is 36.0. The van der Waals surface area contributed by atoms with Gasteiger partial charge in [-0.3, -0.25) is 5.10 Å². The Balaban J connectivity index is 2.83. The van der Waals surface area contributed by atoms with E-state index in [1.54, 1.807) is 6.92 Å². The van der Waals surface area contributed by atoms with E-state index in [1.807, 2.05) is 0 Å². The van der Waals surface area contributed by atoms with E-state index >= 15 is 0 Å². The van der Waals surface area contributed by atoms with Crippen molar-refractivity contribution in [3.8, 4) is 0 Å². The lowest BCUT2D eigenvalue weighted by Crippen LogP contribution is -2.12. The zero-order valence-corrected chi connectivity index (χ0v) is 7.75. The third kappa shape index (κ3) is 2.23. The second-order valence-corrected chi connectivity index (χ2v) is 3.19. The van der Waals surface area contributed by atoms with Crippen molar-refractivity contribution in [1.82, 2.24) is 10.2 Å². The van der Waals surface area contributed by atoms with Crippen molar-refractivity contribution in [2.75, 3.05) is 0 Å². The Bertz CT molecular complexity index is 279. The molecule has 1 aromatic rings. The number of H-pyrrole nitrogens is 1. The van der Waals surface area contributed by atoms with Crippen molar-refractivity contribution in [2.24, 2.45) is 0 Å².